The summed E-state index contributed by atoms with van der Waals surface area (Å²) >= 11 is 0. The number of hydrogen-bond donors (Lipinski definition) is 1. The lowest BCUT2D eigenvalue weighted by Crippen LogP contribution is -2.39. The van der Waals surface area contributed by atoms with Gasteiger partial charge in [0.15, 0.2) is 11.9 Å². The molecule has 1 N–H and O–H groups in total. The van der Waals surface area contributed by atoms with Crippen LogP contribution < -0.4 is 5.32 Å². The molecule has 19 heavy (non-hydrogen) atoms. The molecular weight excluding hydrogens is 244 g/mol. The van der Waals surface area contributed by atoms with Gasteiger partial charge in [-0.1, -0.05) is 0 Å². The molecule has 2 aromatic rings. The Kier molecular flexibility index (Phi) is 4.47. The van der Waals surface area contributed by atoms with E-state index >= 15 is 0 Å². The fourth-order valence-corrected chi connectivity index (χ4v) is 2.00. The van der Waals surface area contributed by atoms with Crippen LogP contribution in [0.2, 0.25) is 0 Å². The topological polar surface area (TPSA) is 60.7 Å². The highest BCUT2D eigenvalue weighted by atomic mass is 16.7. The molecule has 0 aliphatic rings. The van der Waals surface area contributed by atoms with E-state index in [-0.39, 0.29) is 12.3 Å². The first-order valence-electron chi connectivity index (χ1n) is 6.24. The van der Waals surface area contributed by atoms with Crippen LogP contribution in [0.4, 0.5) is 0 Å². The van der Waals surface area contributed by atoms with E-state index in [2.05, 4.69) is 15.4 Å². The fourth-order valence-electron chi connectivity index (χ4n) is 2.00. The summed E-state index contributed by atoms with van der Waals surface area (Å²) in [4.78, 5) is 4.36. The number of nitrogens with one attached hydrogen (secondary N) is 1. The summed E-state index contributed by atoms with van der Waals surface area (Å²) in [5.74, 6) is 0. The Balaban J connectivity index is 2.01. The maximum Gasteiger partial charge on any atom is 0.171 e. The molecule has 104 valence electrons. The number of aromatic nitrogens is 3. The third-order valence-corrected chi connectivity index (χ3v) is 2.99. The zero-order chi connectivity index (χ0) is 13.8. The minimum Gasteiger partial charge on any atom is -0.354 e. The predicted molar refractivity (Wildman–Crippen MR) is 71.8 cm³/mol. The lowest BCUT2D eigenvalue weighted by atomic mass is 10.3. The maximum atomic E-state index is 5.21. The minimum atomic E-state index is -0.261. The molecule has 0 amide bonds. The quantitative estimate of drug-likeness (QED) is 0.793. The highest BCUT2D eigenvalue weighted by Crippen LogP contribution is 2.06. The molecule has 0 bridgehead atoms. The lowest BCUT2D eigenvalue weighted by molar-refractivity contribution is -0.119. The summed E-state index contributed by atoms with van der Waals surface area (Å²) in [7, 11) is 3.26. The molecule has 0 aromatic carbocycles. The van der Waals surface area contributed by atoms with Gasteiger partial charge in [-0.3, -0.25) is 0 Å². The fraction of sp³-hybridized carbons (Fsp3) is 0.538. The van der Waals surface area contributed by atoms with Crippen LogP contribution in [-0.4, -0.2) is 41.1 Å². The number of fused-ring (bicyclic) bond motifs is 1. The van der Waals surface area contributed by atoms with Crippen molar-refractivity contribution in [2.45, 2.75) is 32.7 Å². The van der Waals surface area contributed by atoms with Crippen LogP contribution in [0, 0.1) is 6.92 Å². The van der Waals surface area contributed by atoms with Gasteiger partial charge in [0.1, 0.15) is 0 Å². The second-order valence-electron chi connectivity index (χ2n) is 4.56. The lowest BCUT2D eigenvalue weighted by Gasteiger charge is -2.22. The largest absolute Gasteiger partial charge is 0.354 e. The van der Waals surface area contributed by atoms with Crippen LogP contribution in [0.3, 0.4) is 0 Å². The molecule has 2 aromatic heterocycles. The van der Waals surface area contributed by atoms with Crippen LogP contribution in [0.25, 0.3) is 5.65 Å². The van der Waals surface area contributed by atoms with E-state index in [1.54, 1.807) is 18.7 Å². The molecular formula is C13H20N4O2. The molecule has 2 rings (SSSR count). The number of nitrogens with zero attached hydrogens (tertiary/aromatic N) is 3. The van der Waals surface area contributed by atoms with Gasteiger partial charge in [-0.05, 0) is 13.8 Å². The third kappa shape index (κ3) is 3.28. The average molecular weight is 264 g/mol. The zero-order valence-corrected chi connectivity index (χ0v) is 11.8. The first-order valence-corrected chi connectivity index (χ1v) is 6.24. The van der Waals surface area contributed by atoms with E-state index < -0.39 is 0 Å². The molecule has 0 saturated carbocycles. The Bertz CT molecular complexity index is 536. The van der Waals surface area contributed by atoms with Gasteiger partial charge in [0.2, 0.25) is 0 Å². The molecule has 1 atom stereocenters. The maximum absolute atomic E-state index is 5.21. The van der Waals surface area contributed by atoms with Crippen molar-refractivity contribution >= 4 is 5.65 Å². The second-order valence-corrected chi connectivity index (χ2v) is 4.56. The van der Waals surface area contributed by atoms with Crippen LogP contribution in [0.1, 0.15) is 18.2 Å². The van der Waals surface area contributed by atoms with E-state index in [4.69, 9.17) is 9.47 Å². The number of aryl methyl sites for hydroxylation is 1. The van der Waals surface area contributed by atoms with Gasteiger partial charge < -0.3 is 14.8 Å². The summed E-state index contributed by atoms with van der Waals surface area (Å²) in [5.41, 5.74) is 2.89. The minimum absolute atomic E-state index is 0.0880. The molecule has 0 saturated heterocycles. The molecule has 6 nitrogen and oxygen atoms in total. The van der Waals surface area contributed by atoms with E-state index in [0.29, 0.717) is 6.54 Å². The summed E-state index contributed by atoms with van der Waals surface area (Å²) < 4.78 is 12.2. The normalized spacial score (nSPS) is 13.3. The van der Waals surface area contributed by atoms with Crippen molar-refractivity contribution in [3.63, 3.8) is 0 Å². The third-order valence-electron chi connectivity index (χ3n) is 2.99. The van der Waals surface area contributed by atoms with Crippen molar-refractivity contribution in [2.75, 3.05) is 14.2 Å². The van der Waals surface area contributed by atoms with Crippen molar-refractivity contribution in [2.24, 2.45) is 0 Å². The Hall–Kier alpha value is -1.50. The van der Waals surface area contributed by atoms with E-state index in [1.165, 1.54) is 0 Å². The number of methoxy groups -OCH3 is 2. The molecule has 0 aliphatic carbocycles. The van der Waals surface area contributed by atoms with Crippen LogP contribution in [0.5, 0.6) is 0 Å². The van der Waals surface area contributed by atoms with Crippen LogP contribution >= 0.6 is 0 Å². The van der Waals surface area contributed by atoms with Gasteiger partial charge >= 0.3 is 0 Å². The van der Waals surface area contributed by atoms with Crippen molar-refractivity contribution in [3.05, 3.63) is 29.7 Å². The van der Waals surface area contributed by atoms with Gasteiger partial charge in [-0.25, -0.2) is 9.50 Å². The van der Waals surface area contributed by atoms with Gasteiger partial charge in [-0.15, -0.1) is 0 Å². The second kappa shape index (κ2) is 6.10. The Labute approximate surface area is 112 Å². The molecule has 0 spiro atoms. The van der Waals surface area contributed by atoms with Gasteiger partial charge in [-0.2, -0.15) is 5.10 Å². The van der Waals surface area contributed by atoms with Crippen molar-refractivity contribution < 1.29 is 9.47 Å². The van der Waals surface area contributed by atoms with Crippen LogP contribution in [0.15, 0.2) is 18.5 Å². The molecule has 0 radical (unpaired) electrons. The van der Waals surface area contributed by atoms with Crippen LogP contribution in [-0.2, 0) is 16.0 Å². The first-order chi connectivity index (χ1) is 9.13. The van der Waals surface area contributed by atoms with Crippen molar-refractivity contribution in [3.8, 4) is 0 Å². The molecule has 6 heteroatoms. The number of rotatable bonds is 6. The molecule has 0 fully saturated rings. The van der Waals surface area contributed by atoms with E-state index in [9.17, 15) is 0 Å². The first kappa shape index (κ1) is 13.9. The van der Waals surface area contributed by atoms with E-state index in [1.807, 2.05) is 32.3 Å². The molecule has 0 aliphatic heterocycles. The summed E-state index contributed by atoms with van der Waals surface area (Å²) in [5, 5.41) is 7.69. The van der Waals surface area contributed by atoms with Crippen molar-refractivity contribution in [1.29, 1.82) is 0 Å². The standard InChI is InChI=1S/C13H20N4O2/c1-9-5-12-15-7-11(8-17(12)16-9)6-14-10(2)13(18-3)19-4/h5,7-8,10,13-14H,6H2,1-4H3. The van der Waals surface area contributed by atoms with Gasteiger partial charge in [0.25, 0.3) is 0 Å². The highest BCUT2D eigenvalue weighted by molar-refractivity contribution is 5.38. The number of hydrogen-bond acceptors (Lipinski definition) is 5. The van der Waals surface area contributed by atoms with E-state index in [0.717, 1.165) is 16.9 Å². The predicted octanol–water partition coefficient (Wildman–Crippen LogP) is 1.13. The Morgan fingerprint density at radius 2 is 2.11 bits per heavy atom. The zero-order valence-electron chi connectivity index (χ0n) is 11.8. The summed E-state index contributed by atoms with van der Waals surface area (Å²) in [6, 6.07) is 2.04. The van der Waals surface area contributed by atoms with Gasteiger partial charge in [0.05, 0.1) is 11.7 Å². The Morgan fingerprint density at radius 1 is 1.37 bits per heavy atom. The SMILES string of the molecule is COC(OC)C(C)NCc1cnc2cc(C)nn2c1. The average Bonchev–Trinajstić information content (AvgIpc) is 2.77. The summed E-state index contributed by atoms with van der Waals surface area (Å²) in [6.07, 6.45) is 3.57. The number of ether oxygens (including phenoxy) is 2. The summed E-state index contributed by atoms with van der Waals surface area (Å²) in [6.45, 7) is 4.66. The van der Waals surface area contributed by atoms with Gasteiger partial charge in [0, 0.05) is 44.8 Å². The molecule has 2 heterocycles. The highest BCUT2D eigenvalue weighted by Gasteiger charge is 2.14. The smallest absolute Gasteiger partial charge is 0.171 e. The molecule has 1 unspecified atom stereocenters. The Morgan fingerprint density at radius 3 is 2.79 bits per heavy atom. The monoisotopic (exact) mass is 264 g/mol. The van der Waals surface area contributed by atoms with Crippen molar-refractivity contribution in [1.82, 2.24) is 19.9 Å².